The zero-order valence-electron chi connectivity index (χ0n) is 11.3. The summed E-state index contributed by atoms with van der Waals surface area (Å²) in [5, 5.41) is 8.91. The third-order valence-electron chi connectivity index (χ3n) is 3.56. The number of anilines is 1. The molecule has 1 aromatic rings. The number of nitriles is 1. The van der Waals surface area contributed by atoms with Crippen LogP contribution in [0.15, 0.2) is 12.1 Å². The molecule has 1 fully saturated rings. The highest BCUT2D eigenvalue weighted by molar-refractivity contribution is 5.45. The van der Waals surface area contributed by atoms with Gasteiger partial charge in [-0.05, 0) is 32.9 Å². The van der Waals surface area contributed by atoms with E-state index >= 15 is 0 Å². The molecule has 0 radical (unpaired) electrons. The third-order valence-corrected chi connectivity index (χ3v) is 3.56. The number of aryl methyl sites for hydroxylation is 1. The smallest absolute Gasteiger partial charge is 0.128 e. The van der Waals surface area contributed by atoms with Crippen LogP contribution in [0.3, 0.4) is 0 Å². The van der Waals surface area contributed by atoms with Crippen molar-refractivity contribution in [2.75, 3.05) is 31.1 Å². The Morgan fingerprint density at radius 3 is 2.39 bits per heavy atom. The fourth-order valence-electron chi connectivity index (χ4n) is 2.31. The molecule has 0 spiro atoms. The zero-order chi connectivity index (χ0) is 13.1. The minimum Gasteiger partial charge on any atom is -0.354 e. The lowest BCUT2D eigenvalue weighted by Crippen LogP contribution is -2.49. The van der Waals surface area contributed by atoms with Gasteiger partial charge in [0.25, 0.3) is 0 Å². The Labute approximate surface area is 109 Å². The van der Waals surface area contributed by atoms with Crippen molar-refractivity contribution >= 4 is 5.82 Å². The molecule has 0 unspecified atom stereocenters. The minimum absolute atomic E-state index is 0.614. The van der Waals surface area contributed by atoms with Gasteiger partial charge in [-0.1, -0.05) is 0 Å². The van der Waals surface area contributed by atoms with Gasteiger partial charge in [-0.25, -0.2) is 4.98 Å². The molecule has 1 aliphatic heterocycles. The van der Waals surface area contributed by atoms with Crippen molar-refractivity contribution in [2.45, 2.75) is 26.8 Å². The van der Waals surface area contributed by atoms with Crippen molar-refractivity contribution in [1.29, 1.82) is 5.26 Å². The first kappa shape index (κ1) is 12.8. The van der Waals surface area contributed by atoms with Crippen LogP contribution in [0.1, 0.15) is 25.1 Å². The summed E-state index contributed by atoms with van der Waals surface area (Å²) in [6.07, 6.45) is 0. The van der Waals surface area contributed by atoms with E-state index in [1.54, 1.807) is 0 Å². The molecule has 1 aliphatic rings. The van der Waals surface area contributed by atoms with Gasteiger partial charge in [0.2, 0.25) is 0 Å². The number of hydrogen-bond donors (Lipinski definition) is 0. The van der Waals surface area contributed by atoms with Crippen molar-refractivity contribution in [1.82, 2.24) is 9.88 Å². The first-order chi connectivity index (χ1) is 8.61. The maximum atomic E-state index is 8.91. The molecule has 0 atom stereocenters. The van der Waals surface area contributed by atoms with Gasteiger partial charge < -0.3 is 4.90 Å². The Morgan fingerprint density at radius 1 is 1.22 bits per heavy atom. The predicted molar refractivity (Wildman–Crippen MR) is 72.6 cm³/mol. The SMILES string of the molecule is Cc1nc(N2CCN(C(C)C)CC2)ccc1C#N. The second kappa shape index (κ2) is 5.36. The van der Waals surface area contributed by atoms with E-state index in [1.165, 1.54) is 0 Å². The van der Waals surface area contributed by atoms with E-state index in [0.717, 1.165) is 37.7 Å². The fourth-order valence-corrected chi connectivity index (χ4v) is 2.31. The second-order valence-corrected chi connectivity index (χ2v) is 5.03. The van der Waals surface area contributed by atoms with Crippen LogP contribution in [0.2, 0.25) is 0 Å². The van der Waals surface area contributed by atoms with Gasteiger partial charge in [0.15, 0.2) is 0 Å². The number of nitrogens with zero attached hydrogens (tertiary/aromatic N) is 4. The summed E-state index contributed by atoms with van der Waals surface area (Å²) in [4.78, 5) is 9.30. The Bertz CT molecular complexity index is 453. The van der Waals surface area contributed by atoms with Crippen LogP contribution >= 0.6 is 0 Å². The molecule has 4 nitrogen and oxygen atoms in total. The van der Waals surface area contributed by atoms with Gasteiger partial charge in [-0.15, -0.1) is 0 Å². The molecule has 1 aromatic heterocycles. The Kier molecular flexibility index (Phi) is 3.83. The highest BCUT2D eigenvalue weighted by atomic mass is 15.3. The summed E-state index contributed by atoms with van der Waals surface area (Å²) >= 11 is 0. The Hall–Kier alpha value is -1.60. The maximum Gasteiger partial charge on any atom is 0.128 e. The van der Waals surface area contributed by atoms with Gasteiger partial charge in [-0.3, -0.25) is 4.90 Å². The van der Waals surface area contributed by atoms with E-state index in [2.05, 4.69) is 34.7 Å². The fraction of sp³-hybridized carbons (Fsp3) is 0.571. The van der Waals surface area contributed by atoms with Crippen molar-refractivity contribution in [3.8, 4) is 6.07 Å². The highest BCUT2D eigenvalue weighted by Crippen LogP contribution is 2.17. The first-order valence-electron chi connectivity index (χ1n) is 6.48. The second-order valence-electron chi connectivity index (χ2n) is 5.03. The predicted octanol–water partition coefficient (Wildman–Crippen LogP) is 1.79. The minimum atomic E-state index is 0.614. The van der Waals surface area contributed by atoms with Crippen LogP contribution < -0.4 is 4.90 Å². The van der Waals surface area contributed by atoms with Crippen molar-refractivity contribution < 1.29 is 0 Å². The summed E-state index contributed by atoms with van der Waals surface area (Å²) in [6, 6.07) is 6.59. The van der Waals surface area contributed by atoms with Gasteiger partial charge >= 0.3 is 0 Å². The van der Waals surface area contributed by atoms with Crippen molar-refractivity contribution in [2.24, 2.45) is 0 Å². The number of aromatic nitrogens is 1. The normalized spacial score (nSPS) is 16.9. The summed E-state index contributed by atoms with van der Waals surface area (Å²) in [5.74, 6) is 0.995. The van der Waals surface area contributed by atoms with Crippen LogP contribution in [-0.4, -0.2) is 42.1 Å². The van der Waals surface area contributed by atoms with Gasteiger partial charge in [0.05, 0.1) is 11.3 Å². The molecule has 0 saturated carbocycles. The molecule has 0 aliphatic carbocycles. The summed E-state index contributed by atoms with van der Waals surface area (Å²) in [6.45, 7) is 10.6. The molecule has 0 aromatic carbocycles. The van der Waals surface area contributed by atoms with E-state index < -0.39 is 0 Å². The number of piperazine rings is 1. The largest absolute Gasteiger partial charge is 0.354 e. The van der Waals surface area contributed by atoms with E-state index in [-0.39, 0.29) is 0 Å². The lowest BCUT2D eigenvalue weighted by Gasteiger charge is -2.37. The van der Waals surface area contributed by atoms with Gasteiger partial charge in [-0.2, -0.15) is 5.26 Å². The maximum absolute atomic E-state index is 8.91. The standard InChI is InChI=1S/C14H20N4/c1-11(2)17-6-8-18(9-7-17)14-5-4-13(10-15)12(3)16-14/h4-5,11H,6-9H2,1-3H3. The molecule has 96 valence electrons. The van der Waals surface area contributed by atoms with E-state index in [0.29, 0.717) is 11.6 Å². The number of pyridine rings is 1. The summed E-state index contributed by atoms with van der Waals surface area (Å²) in [7, 11) is 0. The third kappa shape index (κ3) is 2.62. The van der Waals surface area contributed by atoms with Gasteiger partial charge in [0.1, 0.15) is 11.9 Å². The topological polar surface area (TPSA) is 43.2 Å². The average molecular weight is 244 g/mol. The Morgan fingerprint density at radius 2 is 1.89 bits per heavy atom. The van der Waals surface area contributed by atoms with E-state index in [4.69, 9.17) is 5.26 Å². The molecule has 4 heteroatoms. The molecule has 1 saturated heterocycles. The molecular weight excluding hydrogens is 224 g/mol. The van der Waals surface area contributed by atoms with Crippen LogP contribution in [0.5, 0.6) is 0 Å². The molecule has 2 heterocycles. The lowest BCUT2D eigenvalue weighted by atomic mass is 10.2. The number of rotatable bonds is 2. The van der Waals surface area contributed by atoms with Crippen molar-refractivity contribution in [3.05, 3.63) is 23.4 Å². The lowest BCUT2D eigenvalue weighted by molar-refractivity contribution is 0.209. The molecule has 0 bridgehead atoms. The van der Waals surface area contributed by atoms with E-state index in [1.807, 2.05) is 19.1 Å². The molecule has 0 amide bonds. The quantitative estimate of drug-likeness (QED) is 0.795. The summed E-state index contributed by atoms with van der Waals surface area (Å²) < 4.78 is 0. The molecular formula is C14H20N4. The molecule has 2 rings (SSSR count). The molecule has 18 heavy (non-hydrogen) atoms. The highest BCUT2D eigenvalue weighted by Gasteiger charge is 2.19. The average Bonchev–Trinajstić information content (AvgIpc) is 2.38. The zero-order valence-corrected chi connectivity index (χ0v) is 11.3. The first-order valence-corrected chi connectivity index (χ1v) is 6.48. The van der Waals surface area contributed by atoms with Crippen LogP contribution in [0.4, 0.5) is 5.82 Å². The van der Waals surface area contributed by atoms with E-state index in [9.17, 15) is 0 Å². The van der Waals surface area contributed by atoms with Crippen LogP contribution in [0, 0.1) is 18.3 Å². The van der Waals surface area contributed by atoms with Gasteiger partial charge in [0, 0.05) is 32.2 Å². The number of hydrogen-bond acceptors (Lipinski definition) is 4. The van der Waals surface area contributed by atoms with Crippen LogP contribution in [0.25, 0.3) is 0 Å². The van der Waals surface area contributed by atoms with Crippen molar-refractivity contribution in [3.63, 3.8) is 0 Å². The van der Waals surface area contributed by atoms with Crippen LogP contribution in [-0.2, 0) is 0 Å². The summed E-state index contributed by atoms with van der Waals surface area (Å²) in [5.41, 5.74) is 1.49. The Balaban J connectivity index is 2.06. The monoisotopic (exact) mass is 244 g/mol. The molecule has 0 N–H and O–H groups in total.